The van der Waals surface area contributed by atoms with Crippen LogP contribution in [0.25, 0.3) is 0 Å². The Morgan fingerprint density at radius 1 is 1.41 bits per heavy atom. The van der Waals surface area contributed by atoms with Gasteiger partial charge in [-0.25, -0.2) is 4.79 Å². The molecule has 0 bridgehead atoms. The molecule has 1 fully saturated rings. The minimum atomic E-state index is -0.0343. The second-order valence-electron chi connectivity index (χ2n) is 5.37. The number of aromatic amines is 1. The van der Waals surface area contributed by atoms with E-state index in [-0.39, 0.29) is 12.1 Å². The molecular formula is C16H20N4O2. The number of hydrogen-bond acceptors (Lipinski definition) is 3. The van der Waals surface area contributed by atoms with Crippen LogP contribution in [0, 0.1) is 0 Å². The molecule has 1 atom stereocenters. The van der Waals surface area contributed by atoms with Gasteiger partial charge in [0.2, 0.25) is 0 Å². The molecule has 0 unspecified atom stereocenters. The van der Waals surface area contributed by atoms with Gasteiger partial charge in [-0.05, 0) is 36.6 Å². The molecule has 2 amide bonds. The third-order valence-electron chi connectivity index (χ3n) is 4.00. The van der Waals surface area contributed by atoms with E-state index in [2.05, 4.69) is 15.5 Å². The molecule has 2 heterocycles. The zero-order chi connectivity index (χ0) is 15.4. The van der Waals surface area contributed by atoms with E-state index in [1.54, 1.807) is 13.3 Å². The Kier molecular flexibility index (Phi) is 4.27. The molecule has 0 spiro atoms. The van der Waals surface area contributed by atoms with E-state index in [0.717, 1.165) is 36.4 Å². The lowest BCUT2D eigenvalue weighted by atomic mass is 10.0. The molecule has 22 heavy (non-hydrogen) atoms. The number of aromatic nitrogens is 2. The number of ether oxygens (including phenoxy) is 1. The molecule has 0 aliphatic carbocycles. The summed E-state index contributed by atoms with van der Waals surface area (Å²) in [5.41, 5.74) is 2.04. The number of nitrogens with one attached hydrogen (secondary N) is 2. The molecule has 2 N–H and O–H groups in total. The van der Waals surface area contributed by atoms with E-state index in [0.29, 0.717) is 6.54 Å². The van der Waals surface area contributed by atoms with Gasteiger partial charge in [-0.3, -0.25) is 5.10 Å². The van der Waals surface area contributed by atoms with Crippen molar-refractivity contribution >= 4 is 6.03 Å². The highest BCUT2D eigenvalue weighted by Gasteiger charge is 2.29. The van der Waals surface area contributed by atoms with Gasteiger partial charge < -0.3 is 15.0 Å². The highest BCUT2D eigenvalue weighted by Crippen LogP contribution is 2.32. The van der Waals surface area contributed by atoms with Gasteiger partial charge in [0.05, 0.1) is 25.4 Å². The van der Waals surface area contributed by atoms with Crippen LogP contribution in [-0.2, 0) is 6.54 Å². The van der Waals surface area contributed by atoms with Gasteiger partial charge in [0, 0.05) is 12.7 Å². The van der Waals surface area contributed by atoms with Gasteiger partial charge in [-0.2, -0.15) is 5.10 Å². The fraction of sp³-hybridized carbons (Fsp3) is 0.375. The molecule has 6 heteroatoms. The maximum Gasteiger partial charge on any atom is 0.318 e. The van der Waals surface area contributed by atoms with Crippen LogP contribution in [0.15, 0.2) is 36.5 Å². The zero-order valence-corrected chi connectivity index (χ0v) is 12.6. The summed E-state index contributed by atoms with van der Waals surface area (Å²) in [7, 11) is 1.65. The number of rotatable bonds is 4. The number of likely N-dealkylation sites (tertiary alicyclic amines) is 1. The summed E-state index contributed by atoms with van der Waals surface area (Å²) < 4.78 is 5.18. The molecule has 1 aromatic carbocycles. The molecule has 1 aromatic heterocycles. The van der Waals surface area contributed by atoms with Crippen LogP contribution in [0.3, 0.4) is 0 Å². The summed E-state index contributed by atoms with van der Waals surface area (Å²) in [4.78, 5) is 14.3. The second-order valence-corrected chi connectivity index (χ2v) is 5.37. The average molecular weight is 300 g/mol. The zero-order valence-electron chi connectivity index (χ0n) is 12.6. The Balaban J connectivity index is 1.65. The molecule has 0 radical (unpaired) electrons. The fourth-order valence-corrected chi connectivity index (χ4v) is 2.84. The van der Waals surface area contributed by atoms with Gasteiger partial charge in [-0.15, -0.1) is 0 Å². The Labute approximate surface area is 129 Å². The summed E-state index contributed by atoms with van der Waals surface area (Å²) in [6.45, 7) is 1.25. The van der Waals surface area contributed by atoms with Gasteiger partial charge in [0.1, 0.15) is 5.75 Å². The van der Waals surface area contributed by atoms with E-state index < -0.39 is 0 Å². The first-order valence-electron chi connectivity index (χ1n) is 7.44. The second kappa shape index (κ2) is 6.51. The van der Waals surface area contributed by atoms with Gasteiger partial charge in [0.15, 0.2) is 0 Å². The lowest BCUT2D eigenvalue weighted by molar-refractivity contribution is 0.192. The molecule has 6 nitrogen and oxygen atoms in total. The molecule has 2 aromatic rings. The van der Waals surface area contributed by atoms with Crippen molar-refractivity contribution in [1.29, 1.82) is 0 Å². The summed E-state index contributed by atoms with van der Waals surface area (Å²) in [6, 6.07) is 9.89. The molecule has 3 rings (SSSR count). The highest BCUT2D eigenvalue weighted by molar-refractivity contribution is 5.75. The topological polar surface area (TPSA) is 70.2 Å². The minimum Gasteiger partial charge on any atom is -0.497 e. The van der Waals surface area contributed by atoms with Crippen molar-refractivity contribution in [1.82, 2.24) is 20.4 Å². The molecule has 1 aliphatic rings. The van der Waals surface area contributed by atoms with Crippen LogP contribution >= 0.6 is 0 Å². The lowest BCUT2D eigenvalue weighted by Gasteiger charge is -2.25. The van der Waals surface area contributed by atoms with Gasteiger partial charge >= 0.3 is 6.03 Å². The maximum atomic E-state index is 12.4. The maximum absolute atomic E-state index is 12.4. The third kappa shape index (κ3) is 3.05. The summed E-state index contributed by atoms with van der Waals surface area (Å²) in [5.74, 6) is 0.831. The van der Waals surface area contributed by atoms with Crippen LogP contribution in [-0.4, -0.2) is 34.8 Å². The molecular weight excluding hydrogens is 280 g/mol. The third-order valence-corrected chi connectivity index (χ3v) is 4.00. The number of benzene rings is 1. The molecule has 1 saturated heterocycles. The first kappa shape index (κ1) is 14.4. The monoisotopic (exact) mass is 300 g/mol. The van der Waals surface area contributed by atoms with Crippen LogP contribution in [0.1, 0.15) is 30.1 Å². The predicted octanol–water partition coefficient (Wildman–Crippen LogP) is 2.46. The molecule has 116 valence electrons. The summed E-state index contributed by atoms with van der Waals surface area (Å²) >= 11 is 0. The molecule has 1 aliphatic heterocycles. The van der Waals surface area contributed by atoms with Gasteiger partial charge in [-0.1, -0.05) is 12.1 Å². The molecule has 0 saturated carbocycles. The average Bonchev–Trinajstić information content (AvgIpc) is 3.24. The smallest absolute Gasteiger partial charge is 0.318 e. The number of carbonyl (C=O) groups excluding carboxylic acids is 1. The van der Waals surface area contributed by atoms with Crippen molar-refractivity contribution in [2.24, 2.45) is 0 Å². The SMILES string of the molecule is COc1ccc([C@H]2CCCN2C(=O)NCc2ccn[nH]2)cc1. The van der Waals surface area contributed by atoms with E-state index >= 15 is 0 Å². The van der Waals surface area contributed by atoms with Crippen LogP contribution in [0.5, 0.6) is 5.75 Å². The van der Waals surface area contributed by atoms with Crippen LogP contribution in [0.2, 0.25) is 0 Å². The van der Waals surface area contributed by atoms with Crippen molar-refractivity contribution in [2.75, 3.05) is 13.7 Å². The number of H-pyrrole nitrogens is 1. The summed E-state index contributed by atoms with van der Waals surface area (Å²) in [5, 5.41) is 9.66. The van der Waals surface area contributed by atoms with E-state index in [1.807, 2.05) is 35.2 Å². The quantitative estimate of drug-likeness (QED) is 0.911. The lowest BCUT2D eigenvalue weighted by Crippen LogP contribution is -2.39. The van der Waals surface area contributed by atoms with Crippen LogP contribution < -0.4 is 10.1 Å². The number of carbonyl (C=O) groups is 1. The first-order valence-corrected chi connectivity index (χ1v) is 7.44. The number of amides is 2. The Morgan fingerprint density at radius 2 is 2.23 bits per heavy atom. The Hall–Kier alpha value is -2.50. The van der Waals surface area contributed by atoms with E-state index in [9.17, 15) is 4.79 Å². The standard InChI is InChI=1S/C16H20N4O2/c1-22-14-6-4-12(5-7-14)15-3-2-10-20(15)16(21)17-11-13-8-9-18-19-13/h4-9,15H,2-3,10-11H2,1H3,(H,17,21)(H,18,19)/t15-/m1/s1. The van der Waals surface area contributed by atoms with Crippen molar-refractivity contribution in [3.05, 3.63) is 47.8 Å². The first-order chi connectivity index (χ1) is 10.8. The van der Waals surface area contributed by atoms with Crippen molar-refractivity contribution in [2.45, 2.75) is 25.4 Å². The van der Waals surface area contributed by atoms with E-state index in [4.69, 9.17) is 4.74 Å². The van der Waals surface area contributed by atoms with Crippen LogP contribution in [0.4, 0.5) is 4.79 Å². The summed E-state index contributed by atoms with van der Waals surface area (Å²) in [6.07, 6.45) is 3.69. The predicted molar refractivity (Wildman–Crippen MR) is 82.5 cm³/mol. The van der Waals surface area contributed by atoms with E-state index in [1.165, 1.54) is 0 Å². The van der Waals surface area contributed by atoms with Crippen molar-refractivity contribution in [3.63, 3.8) is 0 Å². The largest absolute Gasteiger partial charge is 0.497 e. The minimum absolute atomic E-state index is 0.0343. The van der Waals surface area contributed by atoms with Crippen molar-refractivity contribution in [3.8, 4) is 5.75 Å². The number of urea groups is 1. The number of hydrogen-bond donors (Lipinski definition) is 2. The Morgan fingerprint density at radius 3 is 2.91 bits per heavy atom. The van der Waals surface area contributed by atoms with Gasteiger partial charge in [0.25, 0.3) is 0 Å². The number of nitrogens with zero attached hydrogens (tertiary/aromatic N) is 2. The van der Waals surface area contributed by atoms with Crippen molar-refractivity contribution < 1.29 is 9.53 Å². The highest BCUT2D eigenvalue weighted by atomic mass is 16.5. The Bertz CT molecular complexity index is 610. The normalized spacial score (nSPS) is 17.5. The number of methoxy groups -OCH3 is 1. The fourth-order valence-electron chi connectivity index (χ4n) is 2.84.